The molecule has 6 nitrogen and oxygen atoms in total. The van der Waals surface area contributed by atoms with Crippen LogP contribution >= 0.6 is 0 Å². The molecule has 0 radical (unpaired) electrons. The van der Waals surface area contributed by atoms with Crippen LogP contribution in [0.5, 0.6) is 0 Å². The maximum absolute atomic E-state index is 13.1. The summed E-state index contributed by atoms with van der Waals surface area (Å²) in [5, 5.41) is 11.3. The highest BCUT2D eigenvalue weighted by molar-refractivity contribution is 6.21. The van der Waals surface area contributed by atoms with Gasteiger partial charge in [0.2, 0.25) is 0 Å². The van der Waals surface area contributed by atoms with Gasteiger partial charge in [0, 0.05) is 11.1 Å². The Morgan fingerprint density at radius 2 is 1.75 bits per heavy atom. The van der Waals surface area contributed by atoms with Gasteiger partial charge in [-0.3, -0.25) is 9.59 Å². The molecule has 0 unspecified atom stereocenters. The quantitative estimate of drug-likeness (QED) is 0.819. The van der Waals surface area contributed by atoms with Crippen LogP contribution in [0.2, 0.25) is 0 Å². The second-order valence-corrected chi connectivity index (χ2v) is 7.97. The minimum atomic E-state index is -2.13. The summed E-state index contributed by atoms with van der Waals surface area (Å²) in [6.07, 6.45) is -1.35. The number of benzene rings is 2. The van der Waals surface area contributed by atoms with E-state index in [-0.39, 0.29) is 11.3 Å². The molecule has 2 aromatic carbocycles. The molecule has 2 aromatic rings. The van der Waals surface area contributed by atoms with Crippen molar-refractivity contribution < 1.29 is 24.2 Å². The van der Waals surface area contributed by atoms with Crippen molar-refractivity contribution in [2.75, 3.05) is 4.90 Å². The predicted molar refractivity (Wildman–Crippen MR) is 104 cm³/mol. The van der Waals surface area contributed by atoms with Crippen LogP contribution < -0.4 is 4.90 Å². The molecule has 1 aliphatic heterocycles. The summed E-state index contributed by atoms with van der Waals surface area (Å²) in [6.45, 7) is 6.87. The van der Waals surface area contributed by atoms with Crippen LogP contribution in [0.1, 0.15) is 48.7 Å². The number of hydrogen-bond acceptors (Lipinski definition) is 5. The molecule has 0 aliphatic carbocycles. The first-order valence-corrected chi connectivity index (χ1v) is 9.02. The molecule has 1 aliphatic rings. The summed E-state index contributed by atoms with van der Waals surface area (Å²) in [4.78, 5) is 39.3. The van der Waals surface area contributed by atoms with Crippen molar-refractivity contribution in [3.63, 3.8) is 0 Å². The highest BCUT2D eigenvalue weighted by atomic mass is 16.6. The van der Waals surface area contributed by atoms with Gasteiger partial charge in [-0.05, 0) is 33.8 Å². The summed E-state index contributed by atoms with van der Waals surface area (Å²) < 4.78 is 5.33. The predicted octanol–water partition coefficient (Wildman–Crippen LogP) is 3.74. The molecule has 0 saturated heterocycles. The lowest BCUT2D eigenvalue weighted by Crippen LogP contribution is -2.46. The van der Waals surface area contributed by atoms with Crippen LogP contribution in [0, 0.1) is 6.92 Å². The Kier molecular flexibility index (Phi) is 4.85. The first-order valence-electron chi connectivity index (χ1n) is 9.02. The number of imide groups is 1. The zero-order valence-electron chi connectivity index (χ0n) is 16.4. The van der Waals surface area contributed by atoms with Gasteiger partial charge in [-0.15, -0.1) is 0 Å². The van der Waals surface area contributed by atoms with E-state index in [0.29, 0.717) is 5.56 Å². The lowest BCUT2D eigenvalue weighted by atomic mass is 9.87. The maximum Gasteiger partial charge on any atom is 0.421 e. The maximum atomic E-state index is 13.1. The minimum Gasteiger partial charge on any atom is -0.443 e. The fourth-order valence-corrected chi connectivity index (χ4v) is 3.20. The average molecular weight is 381 g/mol. The molecule has 0 bridgehead atoms. The van der Waals surface area contributed by atoms with Crippen molar-refractivity contribution in [3.05, 3.63) is 65.2 Å². The van der Waals surface area contributed by atoms with Gasteiger partial charge < -0.3 is 9.84 Å². The van der Waals surface area contributed by atoms with Crippen LogP contribution in [0.4, 0.5) is 10.5 Å². The number of aryl methyl sites for hydroxylation is 1. The van der Waals surface area contributed by atoms with E-state index in [4.69, 9.17) is 4.74 Å². The molecule has 0 aromatic heterocycles. The Bertz CT molecular complexity index is 945. The van der Waals surface area contributed by atoms with Gasteiger partial charge in [0.15, 0.2) is 11.4 Å². The molecule has 1 heterocycles. The number of ether oxygens (including phenoxy) is 1. The molecule has 2 amide bonds. The highest BCUT2D eigenvalue weighted by Crippen LogP contribution is 2.44. The number of anilines is 1. The van der Waals surface area contributed by atoms with Gasteiger partial charge in [0.1, 0.15) is 5.60 Å². The number of carbonyl (C=O) groups excluding carboxylic acids is 3. The molecule has 6 heteroatoms. The topological polar surface area (TPSA) is 83.9 Å². The Balaban J connectivity index is 2.02. The van der Waals surface area contributed by atoms with Crippen molar-refractivity contribution in [1.29, 1.82) is 0 Å². The summed E-state index contributed by atoms with van der Waals surface area (Å²) in [5.74, 6) is -1.28. The Hall–Kier alpha value is -2.99. The van der Waals surface area contributed by atoms with Gasteiger partial charge in [0.05, 0.1) is 12.1 Å². The van der Waals surface area contributed by atoms with Crippen LogP contribution in [0.15, 0.2) is 48.5 Å². The number of carbonyl (C=O) groups is 3. The molecular weight excluding hydrogens is 358 g/mol. The molecule has 28 heavy (non-hydrogen) atoms. The lowest BCUT2D eigenvalue weighted by molar-refractivity contribution is -0.135. The summed E-state index contributed by atoms with van der Waals surface area (Å²) >= 11 is 0. The number of fused-ring (bicyclic) bond motifs is 1. The molecular formula is C22H23NO5. The largest absolute Gasteiger partial charge is 0.443 e. The van der Waals surface area contributed by atoms with E-state index in [2.05, 4.69) is 0 Å². The van der Waals surface area contributed by atoms with Gasteiger partial charge in [-0.25, -0.2) is 9.69 Å². The molecule has 146 valence electrons. The minimum absolute atomic E-state index is 0.229. The standard InChI is InChI=1S/C22H23NO5/c1-14-10-11-17-16(12-14)22(27,13-18(24)15-8-6-5-7-9-15)19(25)23(17)20(26)28-21(2,3)4/h5-12,27H,13H2,1-4H3/t22-/m1/s1. The van der Waals surface area contributed by atoms with Gasteiger partial charge in [0.25, 0.3) is 5.91 Å². The first kappa shape index (κ1) is 19.8. The smallest absolute Gasteiger partial charge is 0.421 e. The number of rotatable bonds is 3. The normalized spacial score (nSPS) is 18.8. The number of ketones is 1. The molecule has 3 rings (SSSR count). The number of Topliss-reactive ketones (excluding diaryl/α,β-unsaturated/α-hetero) is 1. The van der Waals surface area contributed by atoms with E-state index in [0.717, 1.165) is 10.5 Å². The average Bonchev–Trinajstić information content (AvgIpc) is 2.82. The zero-order chi connectivity index (χ0) is 20.7. The van der Waals surface area contributed by atoms with E-state index >= 15 is 0 Å². The SMILES string of the molecule is Cc1ccc2c(c1)[C@](O)(CC(=O)c1ccccc1)C(=O)N2C(=O)OC(C)(C)C. The number of hydrogen-bond donors (Lipinski definition) is 1. The van der Waals surface area contributed by atoms with E-state index < -0.39 is 35.4 Å². The zero-order valence-corrected chi connectivity index (χ0v) is 16.4. The monoisotopic (exact) mass is 381 g/mol. The number of amides is 2. The van der Waals surface area contributed by atoms with Crippen LogP contribution in [0.25, 0.3) is 0 Å². The second kappa shape index (κ2) is 6.87. The van der Waals surface area contributed by atoms with Crippen molar-refractivity contribution in [3.8, 4) is 0 Å². The van der Waals surface area contributed by atoms with Gasteiger partial charge in [-0.2, -0.15) is 0 Å². The van der Waals surface area contributed by atoms with Crippen LogP contribution in [-0.4, -0.2) is 28.5 Å². The van der Waals surface area contributed by atoms with Crippen molar-refractivity contribution in [1.82, 2.24) is 0 Å². The molecule has 0 spiro atoms. The van der Waals surface area contributed by atoms with E-state index in [1.165, 1.54) is 0 Å². The molecule has 1 N–H and O–H groups in total. The molecule has 0 saturated carbocycles. The summed E-state index contributed by atoms with van der Waals surface area (Å²) in [5.41, 5.74) is -1.31. The number of aliphatic hydroxyl groups is 1. The Labute approximate surface area is 163 Å². The van der Waals surface area contributed by atoms with Crippen molar-refractivity contribution in [2.45, 2.75) is 45.3 Å². The lowest BCUT2D eigenvalue weighted by Gasteiger charge is -2.25. The molecule has 0 fully saturated rings. The van der Waals surface area contributed by atoms with Crippen LogP contribution in [-0.2, 0) is 15.1 Å². The third-order valence-electron chi connectivity index (χ3n) is 4.48. The highest BCUT2D eigenvalue weighted by Gasteiger charge is 2.54. The summed E-state index contributed by atoms with van der Waals surface area (Å²) in [6, 6.07) is 13.4. The fourth-order valence-electron chi connectivity index (χ4n) is 3.20. The Morgan fingerprint density at radius 3 is 2.36 bits per heavy atom. The van der Waals surface area contributed by atoms with E-state index in [9.17, 15) is 19.5 Å². The first-order chi connectivity index (χ1) is 13.0. The summed E-state index contributed by atoms with van der Waals surface area (Å²) in [7, 11) is 0. The van der Waals surface area contributed by atoms with E-state index in [1.54, 1.807) is 76.2 Å². The van der Waals surface area contributed by atoms with E-state index in [1.807, 2.05) is 0 Å². The van der Waals surface area contributed by atoms with Crippen molar-refractivity contribution >= 4 is 23.5 Å². The Morgan fingerprint density at radius 1 is 1.11 bits per heavy atom. The van der Waals surface area contributed by atoms with Crippen LogP contribution in [0.3, 0.4) is 0 Å². The van der Waals surface area contributed by atoms with Gasteiger partial charge >= 0.3 is 6.09 Å². The number of nitrogens with zero attached hydrogens (tertiary/aromatic N) is 1. The van der Waals surface area contributed by atoms with Gasteiger partial charge in [-0.1, -0.05) is 48.0 Å². The third-order valence-corrected chi connectivity index (χ3v) is 4.48. The van der Waals surface area contributed by atoms with Crippen molar-refractivity contribution in [2.24, 2.45) is 0 Å². The third kappa shape index (κ3) is 3.55. The second-order valence-electron chi connectivity index (χ2n) is 7.97. The fraction of sp³-hybridized carbons (Fsp3) is 0.318. The molecule has 1 atom stereocenters.